The van der Waals surface area contributed by atoms with Crippen LogP contribution in [0.15, 0.2) is 177 Å². The molecule has 4 heterocycles. The number of amidine groups is 2. The van der Waals surface area contributed by atoms with Crippen molar-refractivity contribution >= 4 is 61.4 Å². The van der Waals surface area contributed by atoms with E-state index in [9.17, 15) is 0 Å². The maximum atomic E-state index is 6.52. The molecule has 0 spiro atoms. The van der Waals surface area contributed by atoms with E-state index in [2.05, 4.69) is 124 Å². The van der Waals surface area contributed by atoms with Gasteiger partial charge in [-0.1, -0.05) is 121 Å². The van der Waals surface area contributed by atoms with Crippen molar-refractivity contribution in [2.45, 2.75) is 6.17 Å². The van der Waals surface area contributed by atoms with Gasteiger partial charge in [0.2, 0.25) is 5.96 Å². The largest absolute Gasteiger partial charge is 0.454 e. The molecule has 6 aromatic carbocycles. The number of para-hydroxylation sites is 2. The summed E-state index contributed by atoms with van der Waals surface area (Å²) in [5.74, 6) is 2.14. The number of aromatic nitrogens is 1. The second-order valence-electron chi connectivity index (χ2n) is 12.6. The highest BCUT2D eigenvalue weighted by Crippen LogP contribution is 2.38. The third kappa shape index (κ3) is 4.63. The molecule has 8 aromatic rings. The molecular weight excluding hydrogens is 617 g/mol. The fourth-order valence-electron chi connectivity index (χ4n) is 7.15. The van der Waals surface area contributed by atoms with Crippen molar-refractivity contribution in [2.75, 3.05) is 6.54 Å². The SMILES string of the molecule is C1=C(C2=NC(c3ccccc3)NC(c3cccc(-c4ccccc4)c3)=N2)CNC(n2c3ccccc3c3ccc4c5ccccc5oc4c32)=N1. The summed E-state index contributed by atoms with van der Waals surface area (Å²) in [5.41, 5.74) is 9.01. The molecule has 2 aromatic heterocycles. The van der Waals surface area contributed by atoms with Crippen molar-refractivity contribution in [1.82, 2.24) is 15.2 Å². The fraction of sp³-hybridized carbons (Fsp3) is 0.0465. The number of rotatable bonds is 4. The molecule has 7 nitrogen and oxygen atoms in total. The Hall–Kier alpha value is -6.73. The quantitative estimate of drug-likeness (QED) is 0.200. The van der Waals surface area contributed by atoms with Gasteiger partial charge in [-0.15, -0.1) is 0 Å². The number of nitrogens with one attached hydrogen (secondary N) is 2. The van der Waals surface area contributed by atoms with Crippen LogP contribution in [0.1, 0.15) is 17.3 Å². The number of fused-ring (bicyclic) bond motifs is 7. The van der Waals surface area contributed by atoms with Gasteiger partial charge in [-0.05, 0) is 41.0 Å². The zero-order valence-corrected chi connectivity index (χ0v) is 26.9. The second kappa shape index (κ2) is 11.5. The van der Waals surface area contributed by atoms with Crippen LogP contribution in [0.25, 0.3) is 54.9 Å². The summed E-state index contributed by atoms with van der Waals surface area (Å²) in [4.78, 5) is 15.2. The minimum Gasteiger partial charge on any atom is -0.454 e. The summed E-state index contributed by atoms with van der Waals surface area (Å²) < 4.78 is 8.71. The molecule has 0 saturated heterocycles. The molecule has 50 heavy (non-hydrogen) atoms. The molecule has 10 rings (SSSR count). The number of hydrogen-bond donors (Lipinski definition) is 2. The molecule has 1 unspecified atom stereocenters. The van der Waals surface area contributed by atoms with Gasteiger partial charge < -0.3 is 15.1 Å². The molecule has 2 N–H and O–H groups in total. The zero-order chi connectivity index (χ0) is 33.0. The van der Waals surface area contributed by atoms with Crippen molar-refractivity contribution in [3.8, 4) is 11.1 Å². The first-order valence-electron chi connectivity index (χ1n) is 16.8. The Balaban J connectivity index is 1.10. The van der Waals surface area contributed by atoms with Crippen LogP contribution in [0.4, 0.5) is 0 Å². The first kappa shape index (κ1) is 28.3. The average Bonchev–Trinajstić information content (AvgIpc) is 3.75. The van der Waals surface area contributed by atoms with E-state index in [-0.39, 0.29) is 6.17 Å². The Bertz CT molecular complexity index is 2730. The lowest BCUT2D eigenvalue weighted by atomic mass is 10.0. The highest BCUT2D eigenvalue weighted by Gasteiger charge is 2.25. The van der Waals surface area contributed by atoms with E-state index in [1.807, 2.05) is 42.6 Å². The van der Waals surface area contributed by atoms with Crippen molar-refractivity contribution in [1.29, 1.82) is 0 Å². The summed E-state index contributed by atoms with van der Waals surface area (Å²) in [6.45, 7) is 0.504. The van der Waals surface area contributed by atoms with Crippen LogP contribution in [0.5, 0.6) is 0 Å². The first-order chi connectivity index (χ1) is 24.8. The Kier molecular flexibility index (Phi) is 6.48. The Morgan fingerprint density at radius 1 is 0.640 bits per heavy atom. The lowest BCUT2D eigenvalue weighted by molar-refractivity contribution is 0.671. The van der Waals surface area contributed by atoms with Crippen LogP contribution in [-0.2, 0) is 0 Å². The third-order valence-corrected chi connectivity index (χ3v) is 9.56. The number of benzene rings is 6. The van der Waals surface area contributed by atoms with E-state index in [1.165, 1.54) is 0 Å². The molecule has 0 bridgehead atoms. The van der Waals surface area contributed by atoms with Crippen molar-refractivity contribution in [3.05, 3.63) is 168 Å². The predicted molar refractivity (Wildman–Crippen MR) is 204 cm³/mol. The molecule has 0 fully saturated rings. The van der Waals surface area contributed by atoms with Crippen molar-refractivity contribution in [3.63, 3.8) is 0 Å². The molecule has 2 aliphatic rings. The molecule has 1 atom stereocenters. The minimum atomic E-state index is -0.302. The van der Waals surface area contributed by atoms with Gasteiger partial charge in [0.25, 0.3) is 0 Å². The standard InChI is InChI=1S/C43H30N6O/c1-3-12-27(13-4-1)29-16-11-17-30(24-29)41-46-40(28-14-5-2-6-15-28)47-42(48-41)31-25-44-43(45-26-31)49-36-20-9-7-18-32(36)34-22-23-35-33-19-8-10-21-37(33)50-39(35)38(34)49/h1-25,40H,26H2,(H,44,45)(H,46,47,48). The van der Waals surface area contributed by atoms with Crippen molar-refractivity contribution < 1.29 is 4.42 Å². The van der Waals surface area contributed by atoms with Crippen LogP contribution in [0.3, 0.4) is 0 Å². The number of nitrogens with zero attached hydrogens (tertiary/aromatic N) is 4. The summed E-state index contributed by atoms with van der Waals surface area (Å²) in [6, 6.07) is 50.1. The third-order valence-electron chi connectivity index (χ3n) is 9.56. The maximum Gasteiger partial charge on any atom is 0.208 e. The van der Waals surface area contributed by atoms with E-state index in [0.29, 0.717) is 12.4 Å². The number of aliphatic imine (C=N–C) groups is 3. The summed E-state index contributed by atoms with van der Waals surface area (Å²) in [7, 11) is 0. The molecule has 0 saturated carbocycles. The second-order valence-corrected chi connectivity index (χ2v) is 12.6. The van der Waals surface area contributed by atoms with Gasteiger partial charge in [-0.2, -0.15) is 0 Å². The lowest BCUT2D eigenvalue weighted by Gasteiger charge is -2.25. The van der Waals surface area contributed by atoms with Crippen LogP contribution >= 0.6 is 0 Å². The minimum absolute atomic E-state index is 0.302. The molecule has 0 aliphatic carbocycles. The predicted octanol–water partition coefficient (Wildman–Crippen LogP) is 9.20. The normalized spacial score (nSPS) is 16.1. The lowest BCUT2D eigenvalue weighted by Crippen LogP contribution is -2.38. The maximum absolute atomic E-state index is 6.52. The van der Waals surface area contributed by atoms with E-state index >= 15 is 0 Å². The van der Waals surface area contributed by atoms with Crippen molar-refractivity contribution in [2.24, 2.45) is 15.0 Å². The van der Waals surface area contributed by atoms with Crippen LogP contribution in [-0.4, -0.2) is 28.7 Å². The van der Waals surface area contributed by atoms with Crippen LogP contribution in [0.2, 0.25) is 0 Å². The highest BCUT2D eigenvalue weighted by atomic mass is 16.3. The average molecular weight is 647 g/mol. The summed E-state index contributed by atoms with van der Waals surface area (Å²) in [6.07, 6.45) is 1.60. The molecule has 2 aliphatic heterocycles. The van der Waals surface area contributed by atoms with Gasteiger partial charge in [-0.3, -0.25) is 4.57 Å². The van der Waals surface area contributed by atoms with Gasteiger partial charge in [-0.25, -0.2) is 15.0 Å². The van der Waals surface area contributed by atoms with E-state index in [1.54, 1.807) is 0 Å². The molecule has 0 radical (unpaired) electrons. The molecule has 238 valence electrons. The Morgan fingerprint density at radius 3 is 2.20 bits per heavy atom. The van der Waals surface area contributed by atoms with E-state index < -0.39 is 0 Å². The van der Waals surface area contributed by atoms with E-state index in [4.69, 9.17) is 19.4 Å². The van der Waals surface area contributed by atoms with Gasteiger partial charge >= 0.3 is 0 Å². The first-order valence-corrected chi connectivity index (χ1v) is 16.8. The Labute approximate surface area is 287 Å². The van der Waals surface area contributed by atoms with Crippen LogP contribution in [0, 0.1) is 0 Å². The summed E-state index contributed by atoms with van der Waals surface area (Å²) in [5, 5.41) is 11.7. The molecular formula is C43H30N6O. The summed E-state index contributed by atoms with van der Waals surface area (Å²) >= 11 is 0. The highest BCUT2D eigenvalue weighted by molar-refractivity contribution is 6.24. The fourth-order valence-corrected chi connectivity index (χ4v) is 7.15. The van der Waals surface area contributed by atoms with E-state index in [0.717, 1.165) is 83.4 Å². The smallest absolute Gasteiger partial charge is 0.208 e. The number of furan rings is 1. The topological polar surface area (TPSA) is 79.2 Å². The van der Waals surface area contributed by atoms with Gasteiger partial charge in [0.05, 0.1) is 5.52 Å². The van der Waals surface area contributed by atoms with Crippen LogP contribution < -0.4 is 10.6 Å². The molecule has 0 amide bonds. The zero-order valence-electron chi connectivity index (χ0n) is 26.9. The molecule has 7 heteroatoms. The Morgan fingerprint density at radius 2 is 1.36 bits per heavy atom. The number of hydrogen-bond acceptors (Lipinski definition) is 6. The van der Waals surface area contributed by atoms with Gasteiger partial charge in [0.15, 0.2) is 11.4 Å². The van der Waals surface area contributed by atoms with Gasteiger partial charge in [0.1, 0.15) is 23.1 Å². The van der Waals surface area contributed by atoms with Gasteiger partial charge in [0, 0.05) is 45.4 Å². The monoisotopic (exact) mass is 646 g/mol.